The maximum Gasteiger partial charge on any atom is 0.308 e. The second-order valence-electron chi connectivity index (χ2n) is 23.9. The first-order valence-corrected chi connectivity index (χ1v) is 29.5. The predicted octanol–water partition coefficient (Wildman–Crippen LogP) is 20.8. The zero-order chi connectivity index (χ0) is 48.4. The summed E-state index contributed by atoms with van der Waals surface area (Å²) in [6.45, 7) is 23.8. The lowest BCUT2D eigenvalue weighted by molar-refractivity contribution is -0.154. The first-order valence-electron chi connectivity index (χ1n) is 29.5. The van der Waals surface area contributed by atoms with E-state index in [1.807, 2.05) is 0 Å². The maximum absolute atomic E-state index is 13.9. The monoisotopic (exact) mass is 919 g/mol. The molecule has 390 valence electrons. The molecule has 0 fully saturated rings. The first kappa shape index (κ1) is 64.4. The standard InChI is InChI=1S/C61H122O4/c1-12-15-17-19-21-23-25-27-29-31-33-35-37-39-41-43-45-47-49-56(50-48-46-44-42-40-38-36-34-32-30-28-26-24-22-20-18-16-13-2)57(62)64-55-61(10,14-3)54-58(4,5)53-60(8,9)65-52-51-59(6,7)63-11/h56H,12-55H2,1-11H3. The van der Waals surface area contributed by atoms with E-state index in [4.69, 9.17) is 14.2 Å². The number of carbonyl (C=O) groups excluding carboxylic acids is 1. The predicted molar refractivity (Wildman–Crippen MR) is 288 cm³/mol. The van der Waals surface area contributed by atoms with Gasteiger partial charge in [-0.1, -0.05) is 273 Å². The van der Waals surface area contributed by atoms with Gasteiger partial charge in [-0.3, -0.25) is 4.79 Å². The van der Waals surface area contributed by atoms with Gasteiger partial charge in [0.05, 0.1) is 30.3 Å². The van der Waals surface area contributed by atoms with Crippen molar-refractivity contribution in [2.75, 3.05) is 20.3 Å². The highest BCUT2D eigenvalue weighted by molar-refractivity contribution is 5.72. The van der Waals surface area contributed by atoms with Gasteiger partial charge < -0.3 is 14.2 Å². The van der Waals surface area contributed by atoms with Crippen LogP contribution in [0.25, 0.3) is 0 Å². The Kier molecular flexibility index (Phi) is 41.9. The summed E-state index contributed by atoms with van der Waals surface area (Å²) < 4.78 is 18.4. The average Bonchev–Trinajstić information content (AvgIpc) is 3.25. The van der Waals surface area contributed by atoms with E-state index in [2.05, 4.69) is 69.2 Å². The molecule has 0 bridgehead atoms. The molecular weight excluding hydrogens is 797 g/mol. The van der Waals surface area contributed by atoms with Crippen LogP contribution in [0.4, 0.5) is 0 Å². The molecule has 0 aromatic carbocycles. The minimum absolute atomic E-state index is 0.0508. The topological polar surface area (TPSA) is 44.8 Å². The van der Waals surface area contributed by atoms with Crippen molar-refractivity contribution < 1.29 is 19.0 Å². The Morgan fingerprint density at radius 1 is 0.415 bits per heavy atom. The van der Waals surface area contributed by atoms with Gasteiger partial charge in [-0.25, -0.2) is 0 Å². The molecule has 0 saturated heterocycles. The van der Waals surface area contributed by atoms with E-state index in [9.17, 15) is 4.79 Å². The lowest BCUT2D eigenvalue weighted by Crippen LogP contribution is -2.38. The smallest absolute Gasteiger partial charge is 0.308 e. The molecule has 4 nitrogen and oxygen atoms in total. The van der Waals surface area contributed by atoms with E-state index in [1.165, 1.54) is 218 Å². The highest BCUT2D eigenvalue weighted by atomic mass is 16.5. The molecule has 1 atom stereocenters. The van der Waals surface area contributed by atoms with Gasteiger partial charge in [-0.2, -0.15) is 0 Å². The molecule has 0 spiro atoms. The van der Waals surface area contributed by atoms with Crippen LogP contribution in [-0.2, 0) is 19.0 Å². The summed E-state index contributed by atoms with van der Waals surface area (Å²) in [6.07, 6.45) is 55.9. The minimum atomic E-state index is -0.234. The Morgan fingerprint density at radius 3 is 1.02 bits per heavy atom. The molecule has 0 amide bonds. The fourth-order valence-electron chi connectivity index (χ4n) is 10.7. The van der Waals surface area contributed by atoms with E-state index in [-0.39, 0.29) is 33.9 Å². The second kappa shape index (κ2) is 42.3. The second-order valence-corrected chi connectivity index (χ2v) is 23.9. The number of unbranched alkanes of at least 4 members (excludes halogenated alkanes) is 34. The molecule has 4 heteroatoms. The summed E-state index contributed by atoms with van der Waals surface area (Å²) in [7, 11) is 1.78. The summed E-state index contributed by atoms with van der Waals surface area (Å²) >= 11 is 0. The van der Waals surface area contributed by atoms with Gasteiger partial charge in [0, 0.05) is 12.5 Å². The van der Waals surface area contributed by atoms with E-state index in [0.29, 0.717) is 13.2 Å². The lowest BCUT2D eigenvalue weighted by Gasteiger charge is -2.41. The number of esters is 1. The van der Waals surface area contributed by atoms with Crippen LogP contribution in [0.1, 0.15) is 339 Å². The van der Waals surface area contributed by atoms with Gasteiger partial charge in [0.15, 0.2) is 0 Å². The average molecular weight is 920 g/mol. The Morgan fingerprint density at radius 2 is 0.723 bits per heavy atom. The summed E-state index contributed by atoms with van der Waals surface area (Å²) in [5.74, 6) is 0.126. The molecule has 0 N–H and O–H groups in total. The van der Waals surface area contributed by atoms with Gasteiger partial charge in [0.2, 0.25) is 0 Å². The molecule has 0 aromatic heterocycles. The van der Waals surface area contributed by atoms with Crippen molar-refractivity contribution in [2.24, 2.45) is 16.7 Å². The van der Waals surface area contributed by atoms with E-state index < -0.39 is 0 Å². The van der Waals surface area contributed by atoms with Crippen LogP contribution in [0.3, 0.4) is 0 Å². The van der Waals surface area contributed by atoms with E-state index in [1.54, 1.807) is 7.11 Å². The summed E-state index contributed by atoms with van der Waals surface area (Å²) in [5.41, 5.74) is -0.413. The van der Waals surface area contributed by atoms with Gasteiger partial charge in [0.1, 0.15) is 0 Å². The number of rotatable bonds is 51. The molecule has 65 heavy (non-hydrogen) atoms. The molecule has 0 saturated carbocycles. The molecule has 0 aliphatic rings. The molecule has 0 aliphatic heterocycles. The van der Waals surface area contributed by atoms with Crippen LogP contribution in [0, 0.1) is 16.7 Å². The van der Waals surface area contributed by atoms with E-state index >= 15 is 0 Å². The third-order valence-corrected chi connectivity index (χ3v) is 15.1. The number of ether oxygens (including phenoxy) is 3. The molecule has 0 aromatic rings. The summed E-state index contributed by atoms with van der Waals surface area (Å²) in [4.78, 5) is 13.9. The maximum atomic E-state index is 13.9. The Bertz CT molecular complexity index is 977. The van der Waals surface area contributed by atoms with Gasteiger partial charge in [-0.05, 0) is 71.6 Å². The number of hydrogen-bond acceptors (Lipinski definition) is 4. The van der Waals surface area contributed by atoms with Crippen LogP contribution in [0.15, 0.2) is 0 Å². The van der Waals surface area contributed by atoms with E-state index in [0.717, 1.165) is 51.4 Å². The van der Waals surface area contributed by atoms with Crippen LogP contribution in [0.2, 0.25) is 0 Å². The summed E-state index contributed by atoms with van der Waals surface area (Å²) in [5, 5.41) is 0. The fourth-order valence-corrected chi connectivity index (χ4v) is 10.7. The van der Waals surface area contributed by atoms with Crippen LogP contribution < -0.4 is 0 Å². The SMILES string of the molecule is CCCCCCCCCCCCCCCCCCCCC(CCCCCCCCCCCCCCCCCCCC)C(=O)OCC(C)(CC)CC(C)(C)CC(C)(C)OCCC(C)(C)OC. The Hall–Kier alpha value is -0.610. The van der Waals surface area contributed by atoms with Crippen LogP contribution in [0.5, 0.6) is 0 Å². The molecule has 1 unspecified atom stereocenters. The minimum Gasteiger partial charge on any atom is -0.465 e. The zero-order valence-corrected chi connectivity index (χ0v) is 46.8. The molecule has 0 radical (unpaired) electrons. The number of carbonyl (C=O) groups is 1. The molecule has 0 aliphatic carbocycles. The van der Waals surface area contributed by atoms with Gasteiger partial charge in [-0.15, -0.1) is 0 Å². The van der Waals surface area contributed by atoms with Gasteiger partial charge >= 0.3 is 5.97 Å². The fraction of sp³-hybridized carbons (Fsp3) is 0.984. The molecule has 0 heterocycles. The normalized spacial score (nSPS) is 13.5. The lowest BCUT2D eigenvalue weighted by atomic mass is 9.69. The van der Waals surface area contributed by atoms with Crippen molar-refractivity contribution in [3.63, 3.8) is 0 Å². The van der Waals surface area contributed by atoms with Crippen LogP contribution in [-0.4, -0.2) is 37.5 Å². The Labute approximate surface area is 410 Å². The van der Waals surface area contributed by atoms with Crippen molar-refractivity contribution >= 4 is 5.97 Å². The first-order chi connectivity index (χ1) is 31.1. The number of methoxy groups -OCH3 is 1. The number of hydrogen-bond donors (Lipinski definition) is 0. The van der Waals surface area contributed by atoms with Crippen LogP contribution >= 0.6 is 0 Å². The third-order valence-electron chi connectivity index (χ3n) is 15.1. The highest BCUT2D eigenvalue weighted by Crippen LogP contribution is 2.42. The van der Waals surface area contributed by atoms with Crippen molar-refractivity contribution in [1.29, 1.82) is 0 Å². The summed E-state index contributed by atoms with van der Waals surface area (Å²) in [6, 6.07) is 0. The Balaban J connectivity index is 4.74. The van der Waals surface area contributed by atoms with Gasteiger partial charge in [0.25, 0.3) is 0 Å². The largest absolute Gasteiger partial charge is 0.465 e. The van der Waals surface area contributed by atoms with Crippen molar-refractivity contribution in [2.45, 2.75) is 350 Å². The molecule has 0 rings (SSSR count). The quantitative estimate of drug-likeness (QED) is 0.0450. The molecular formula is C61H122O4. The third kappa shape index (κ3) is 42.0. The van der Waals surface area contributed by atoms with Crippen molar-refractivity contribution in [3.8, 4) is 0 Å². The van der Waals surface area contributed by atoms with Crippen molar-refractivity contribution in [3.05, 3.63) is 0 Å². The highest BCUT2D eigenvalue weighted by Gasteiger charge is 2.37. The van der Waals surface area contributed by atoms with Crippen molar-refractivity contribution in [1.82, 2.24) is 0 Å². The zero-order valence-electron chi connectivity index (χ0n) is 46.8.